The first-order valence-electron chi connectivity index (χ1n) is 3.85. The smallest absolute Gasteiger partial charge is 0.478 e. The maximum absolute atomic E-state index is 10.6. The number of hydrogen-bond donors (Lipinski definition) is 1. The normalized spacial score (nSPS) is 10.6. The van der Waals surface area contributed by atoms with Gasteiger partial charge in [-0.2, -0.15) is 0 Å². The molecule has 0 fully saturated rings. The van der Waals surface area contributed by atoms with Gasteiger partial charge in [-0.1, -0.05) is 0 Å². The Morgan fingerprint density at radius 1 is 1.69 bits per heavy atom. The summed E-state index contributed by atoms with van der Waals surface area (Å²) in [6, 6.07) is 2.87. The molecule has 0 aliphatic heterocycles. The summed E-state index contributed by atoms with van der Waals surface area (Å²) in [6.45, 7) is 0. The number of hydrogen-bond acceptors (Lipinski definition) is 2. The minimum absolute atomic E-state index is 0. The van der Waals surface area contributed by atoms with Crippen LogP contribution in [0.2, 0.25) is 0 Å². The molecule has 0 radical (unpaired) electrons. The van der Waals surface area contributed by atoms with E-state index < -0.39 is 5.97 Å². The van der Waals surface area contributed by atoms with Gasteiger partial charge < -0.3 is 9.51 Å². The van der Waals surface area contributed by atoms with Crippen LogP contribution < -0.4 is 29.6 Å². The van der Waals surface area contributed by atoms with Crippen LogP contribution in [0.15, 0.2) is 30.7 Å². The van der Waals surface area contributed by atoms with Crippen molar-refractivity contribution in [3.05, 3.63) is 36.3 Å². The van der Waals surface area contributed by atoms with Crippen LogP contribution in [0.4, 0.5) is 0 Å². The molecule has 2 heterocycles. The first kappa shape index (κ1) is 8.74. The summed E-state index contributed by atoms with van der Waals surface area (Å²) in [5.74, 6) is -0.989. The summed E-state index contributed by atoms with van der Waals surface area (Å²) >= 11 is 0. The predicted octanol–water partition coefficient (Wildman–Crippen LogP) is -1.96. The molecule has 2 aromatic heterocycles. The number of carboxylic acids is 1. The number of fused-ring (bicyclic) bond motifs is 1. The Morgan fingerprint density at radius 3 is 3.15 bits per heavy atom. The average Bonchev–Trinajstić information content (AvgIpc) is 2.47. The van der Waals surface area contributed by atoms with Gasteiger partial charge in [0.2, 0.25) is 0 Å². The Kier molecular flexibility index (Phi) is 2.63. The molecule has 0 spiro atoms. The number of nitrogens with zero attached hydrogens (tertiary/aromatic N) is 2. The van der Waals surface area contributed by atoms with Crippen molar-refractivity contribution in [1.82, 2.24) is 9.38 Å². The minimum Gasteiger partial charge on any atom is -0.478 e. The molecule has 0 saturated carbocycles. The first-order chi connectivity index (χ1) is 6.18. The molecule has 5 heteroatoms. The fraction of sp³-hybridized carbons (Fsp3) is 0. The Bertz CT molecular complexity index is 483. The third-order valence-corrected chi connectivity index (χ3v) is 1.58. The van der Waals surface area contributed by atoms with Gasteiger partial charge in [0.1, 0.15) is 5.65 Å². The molecule has 0 aliphatic rings. The summed E-state index contributed by atoms with van der Waals surface area (Å²) in [7, 11) is 0. The fourth-order valence-electron chi connectivity index (χ4n) is 0.987. The second-order valence-electron chi connectivity index (χ2n) is 2.34. The number of carbonyl (C=O) groups is 1. The largest absolute Gasteiger partial charge is 1.00 e. The van der Waals surface area contributed by atoms with Gasteiger partial charge in [-0.3, -0.25) is 0 Å². The molecule has 2 aromatic rings. The standard InChI is InChI=1S/C8H6N2O2.Na/c11-8(12)6-1-3-10-4-2-9-7(10)5-6;/h1-5H,(H,11,12);/q;+1/i4D;. The van der Waals surface area contributed by atoms with Crippen molar-refractivity contribution < 1.29 is 40.8 Å². The van der Waals surface area contributed by atoms with E-state index in [4.69, 9.17) is 6.48 Å². The monoisotopic (exact) mass is 186 g/mol. The molecule has 13 heavy (non-hydrogen) atoms. The van der Waals surface area contributed by atoms with Crippen molar-refractivity contribution in [2.75, 3.05) is 0 Å². The van der Waals surface area contributed by atoms with Crippen LogP contribution in [0.5, 0.6) is 0 Å². The van der Waals surface area contributed by atoms with E-state index in [-0.39, 0.29) is 41.3 Å². The third kappa shape index (κ3) is 1.91. The van der Waals surface area contributed by atoms with Gasteiger partial charge in [0.25, 0.3) is 0 Å². The van der Waals surface area contributed by atoms with Crippen LogP contribution >= 0.6 is 0 Å². The second kappa shape index (κ2) is 3.91. The molecule has 1 N–H and O–H groups in total. The maximum Gasteiger partial charge on any atom is 1.00 e. The Morgan fingerprint density at radius 2 is 2.46 bits per heavy atom. The zero-order valence-corrected chi connectivity index (χ0v) is 9.06. The number of imidazole rings is 1. The minimum atomic E-state index is -0.989. The van der Waals surface area contributed by atoms with Crippen LogP contribution in [-0.2, 0) is 0 Å². The quantitative estimate of drug-likeness (QED) is 0.526. The van der Waals surface area contributed by atoms with Gasteiger partial charge in [-0.15, -0.1) is 0 Å². The number of aromatic nitrogens is 2. The van der Waals surface area contributed by atoms with Gasteiger partial charge in [-0.05, 0) is 12.1 Å². The SMILES string of the molecule is [2H]c1cnc2cc(C(=O)O)ccn12.[Na+]. The van der Waals surface area contributed by atoms with Crippen molar-refractivity contribution in [2.24, 2.45) is 0 Å². The predicted molar refractivity (Wildman–Crippen MR) is 42.2 cm³/mol. The molecular formula is C8H6N2NaO2+. The Labute approximate surface area is 97.9 Å². The van der Waals surface area contributed by atoms with Crippen molar-refractivity contribution in [3.63, 3.8) is 0 Å². The zero-order valence-electron chi connectivity index (χ0n) is 8.06. The Hall–Kier alpha value is -0.840. The topological polar surface area (TPSA) is 54.6 Å². The van der Waals surface area contributed by atoms with E-state index in [9.17, 15) is 4.79 Å². The molecule has 0 amide bonds. The summed E-state index contributed by atoms with van der Waals surface area (Å²) in [4.78, 5) is 14.4. The van der Waals surface area contributed by atoms with Crippen LogP contribution in [0.25, 0.3) is 5.65 Å². The van der Waals surface area contributed by atoms with Crippen LogP contribution in [0.3, 0.4) is 0 Å². The van der Waals surface area contributed by atoms with Crippen LogP contribution in [0.1, 0.15) is 11.7 Å². The van der Waals surface area contributed by atoms with Gasteiger partial charge in [0, 0.05) is 18.6 Å². The Balaban J connectivity index is 0.000000980. The van der Waals surface area contributed by atoms with Crippen LogP contribution in [-0.4, -0.2) is 20.5 Å². The van der Waals surface area contributed by atoms with Gasteiger partial charge in [0.15, 0.2) is 0 Å². The molecule has 4 nitrogen and oxygen atoms in total. The molecule has 0 atom stereocenters. The summed E-state index contributed by atoms with van der Waals surface area (Å²) in [6.07, 6.45) is 3.14. The van der Waals surface area contributed by atoms with Gasteiger partial charge in [-0.25, -0.2) is 9.78 Å². The summed E-state index contributed by atoms with van der Waals surface area (Å²) in [5.41, 5.74) is 0.656. The molecular weight excluding hydrogens is 179 g/mol. The number of carboxylic acid groups (broad SMARTS) is 1. The summed E-state index contributed by atoms with van der Waals surface area (Å²) in [5, 5.41) is 8.67. The zero-order chi connectivity index (χ0) is 9.42. The van der Waals surface area contributed by atoms with Gasteiger partial charge >= 0.3 is 35.5 Å². The third-order valence-electron chi connectivity index (χ3n) is 1.58. The molecule has 0 aromatic carbocycles. The van der Waals surface area contributed by atoms with E-state index >= 15 is 0 Å². The average molecular weight is 186 g/mol. The van der Waals surface area contributed by atoms with Crippen molar-refractivity contribution in [1.29, 1.82) is 0 Å². The molecule has 0 bridgehead atoms. The van der Waals surface area contributed by atoms with E-state index in [1.807, 2.05) is 0 Å². The number of aromatic carboxylic acids is 1. The van der Waals surface area contributed by atoms with E-state index in [0.717, 1.165) is 0 Å². The van der Waals surface area contributed by atoms with Gasteiger partial charge in [0.05, 0.1) is 6.93 Å². The fourth-order valence-corrected chi connectivity index (χ4v) is 0.987. The molecule has 0 unspecified atom stereocenters. The van der Waals surface area contributed by atoms with E-state index in [2.05, 4.69) is 4.98 Å². The molecule has 0 aliphatic carbocycles. The second-order valence-corrected chi connectivity index (χ2v) is 2.34. The molecule has 2 rings (SSSR count). The van der Waals surface area contributed by atoms with Crippen molar-refractivity contribution in [2.45, 2.75) is 0 Å². The van der Waals surface area contributed by atoms with Crippen LogP contribution in [0, 0.1) is 0 Å². The number of rotatable bonds is 1. The maximum atomic E-state index is 10.6. The van der Waals surface area contributed by atoms with E-state index in [0.29, 0.717) is 5.65 Å². The first-order valence-corrected chi connectivity index (χ1v) is 3.35. The molecule has 0 saturated heterocycles. The van der Waals surface area contributed by atoms with Crippen molar-refractivity contribution in [3.8, 4) is 0 Å². The van der Waals surface area contributed by atoms with E-state index in [1.54, 1.807) is 0 Å². The van der Waals surface area contributed by atoms with E-state index in [1.165, 1.54) is 28.9 Å². The molecule has 60 valence electrons. The van der Waals surface area contributed by atoms with Crippen molar-refractivity contribution >= 4 is 11.6 Å². The summed E-state index contributed by atoms with van der Waals surface area (Å²) < 4.78 is 8.88. The number of pyridine rings is 1.